The van der Waals surface area contributed by atoms with E-state index in [-0.39, 0.29) is 29.5 Å². The third-order valence-corrected chi connectivity index (χ3v) is 3.94. The number of thioether (sulfide) groups is 1. The van der Waals surface area contributed by atoms with E-state index in [1.54, 1.807) is 0 Å². The van der Waals surface area contributed by atoms with Gasteiger partial charge in [-0.25, -0.2) is 0 Å². The number of carboxylic acids is 1. The second kappa shape index (κ2) is 13.9. The first-order valence-electron chi connectivity index (χ1n) is 6.78. The Hall–Kier alpha value is -1.29. The predicted octanol–water partition coefficient (Wildman–Crippen LogP) is 0.536. The van der Waals surface area contributed by atoms with Crippen LogP contribution in [0.5, 0.6) is 0 Å². The predicted molar refractivity (Wildman–Crippen MR) is 110 cm³/mol. The van der Waals surface area contributed by atoms with E-state index in [2.05, 4.69) is 51.0 Å². The van der Waals surface area contributed by atoms with Crippen LogP contribution in [0.2, 0.25) is 0 Å². The van der Waals surface area contributed by atoms with Gasteiger partial charge in [0, 0.05) is 53.9 Å². The minimum atomic E-state index is -0.889. The van der Waals surface area contributed by atoms with Crippen molar-refractivity contribution in [3.63, 3.8) is 0 Å². The summed E-state index contributed by atoms with van der Waals surface area (Å²) < 4.78 is 0.637. The Morgan fingerprint density at radius 3 is 2.52 bits per heavy atom. The van der Waals surface area contributed by atoms with E-state index in [9.17, 15) is 4.79 Å². The minimum Gasteiger partial charge on any atom is -0.481 e. The van der Waals surface area contributed by atoms with Gasteiger partial charge in [-0.2, -0.15) is 5.10 Å². The Morgan fingerprint density at radius 2 is 1.92 bits per heavy atom. The fourth-order valence-corrected chi connectivity index (χ4v) is 1.73. The molecule has 0 amide bonds. The number of amidine groups is 1. The van der Waals surface area contributed by atoms with Crippen molar-refractivity contribution >= 4 is 64.5 Å². The van der Waals surface area contributed by atoms with E-state index >= 15 is 0 Å². The van der Waals surface area contributed by atoms with E-state index in [1.807, 2.05) is 36.6 Å². The summed E-state index contributed by atoms with van der Waals surface area (Å²) in [5.74, 6) is -0.889. The molecule has 11 heteroatoms. The third-order valence-electron chi connectivity index (χ3n) is 2.48. The van der Waals surface area contributed by atoms with E-state index in [0.29, 0.717) is 15.3 Å². The summed E-state index contributed by atoms with van der Waals surface area (Å²) in [6.45, 7) is 0.243. The standard InChI is InChI=1S/C14H17N5O2S3.Ni/c1-24-14(23)19-16-9-11(10-5-3-2-4-6-10)17-18-13(22)15-8-7-12(20)21;/h2-6,9H,7-8H2,1H3,(H,19,23)(H,20,21)(H2,15,18,22);/p+2/b16-9+,17-11-;. The van der Waals surface area contributed by atoms with Gasteiger partial charge in [-0.3, -0.25) is 4.79 Å². The fraction of sp³-hybridized carbons (Fsp3) is 0.214. The zero-order valence-electron chi connectivity index (χ0n) is 13.2. The third kappa shape index (κ3) is 11.0. The molecule has 1 aromatic rings. The molecule has 0 bridgehead atoms. The van der Waals surface area contributed by atoms with Gasteiger partial charge in [0.25, 0.3) is 4.38 Å². The van der Waals surface area contributed by atoms with Gasteiger partial charge in [-0.15, -0.1) is 5.10 Å². The molecule has 0 aromatic heterocycles. The summed E-state index contributed by atoms with van der Waals surface area (Å²) in [4.78, 5) is 10.5. The number of carbonyl (C=O) groups is 1. The molecule has 7 nitrogen and oxygen atoms in total. The topological polar surface area (TPSA) is 98.8 Å². The van der Waals surface area contributed by atoms with Crippen LogP contribution in [0.1, 0.15) is 12.0 Å². The molecule has 2 N–H and O–H groups in total. The molecule has 0 aliphatic rings. The maximum absolute atomic E-state index is 10.5. The molecule has 0 saturated carbocycles. The van der Waals surface area contributed by atoms with Crippen molar-refractivity contribution in [2.75, 3.05) is 12.8 Å². The summed E-state index contributed by atoms with van der Waals surface area (Å²) in [6.07, 6.45) is 3.35. The first-order chi connectivity index (χ1) is 11.5. The molecule has 0 fully saturated rings. The molecule has 0 unspecified atom stereocenters. The zero-order chi connectivity index (χ0) is 17.8. The number of benzene rings is 1. The molecule has 0 aliphatic heterocycles. The summed E-state index contributed by atoms with van der Waals surface area (Å²) in [5.41, 5.74) is 1.33. The van der Waals surface area contributed by atoms with Crippen molar-refractivity contribution in [3.8, 4) is 0 Å². The van der Waals surface area contributed by atoms with Gasteiger partial charge in [0.05, 0.1) is 12.6 Å². The van der Waals surface area contributed by atoms with Crippen LogP contribution in [-0.2, 0) is 46.5 Å². The quantitative estimate of drug-likeness (QED) is 0.211. The van der Waals surface area contributed by atoms with Crippen LogP contribution in [-0.4, -0.2) is 45.3 Å². The molecule has 0 saturated heterocycles. The van der Waals surface area contributed by atoms with Gasteiger partial charge < -0.3 is 10.4 Å². The second-order valence-electron chi connectivity index (χ2n) is 4.22. The van der Waals surface area contributed by atoms with Gasteiger partial charge in [0.1, 0.15) is 5.71 Å². The first kappa shape index (κ1) is 23.7. The number of aliphatic carboxylic acids is 1. The van der Waals surface area contributed by atoms with Crippen molar-refractivity contribution in [1.82, 2.24) is 5.32 Å². The molecule has 0 radical (unpaired) electrons. The Morgan fingerprint density at radius 1 is 1.24 bits per heavy atom. The van der Waals surface area contributed by atoms with Gasteiger partial charge in [0.15, 0.2) is 0 Å². The second-order valence-corrected chi connectivity index (χ2v) is 6.33. The van der Waals surface area contributed by atoms with Gasteiger partial charge in [0.2, 0.25) is 0 Å². The molecule has 0 heterocycles. The maximum atomic E-state index is 10.5. The Bertz CT molecular complexity index is 666. The molecular weight excluding hydrogens is 425 g/mol. The number of hydrogen-bond donors (Lipinski definition) is 2. The molecule has 1 rings (SSSR count). The number of carboxylic acid groups (broad SMARTS) is 1. The summed E-state index contributed by atoms with van der Waals surface area (Å²) in [6, 6.07) is 9.40. The van der Waals surface area contributed by atoms with Crippen molar-refractivity contribution in [1.29, 1.82) is 0 Å². The smallest absolute Gasteiger partial charge is 0.332 e. The summed E-state index contributed by atoms with van der Waals surface area (Å²) >= 11 is 7.96. The van der Waals surface area contributed by atoms with Crippen molar-refractivity contribution in [3.05, 3.63) is 35.9 Å². The molecular formula is C14H19N5NiO2S3+2. The van der Waals surface area contributed by atoms with Crippen LogP contribution < -0.4 is 5.32 Å². The number of nitrogens with zero attached hydrogens (tertiary/aromatic N) is 4. The Kier molecular flexibility index (Phi) is 13.2. The van der Waals surface area contributed by atoms with Gasteiger partial charge in [-0.1, -0.05) is 52.3 Å². The van der Waals surface area contributed by atoms with Crippen molar-refractivity contribution < 1.29 is 26.4 Å². The van der Waals surface area contributed by atoms with E-state index in [1.165, 1.54) is 18.0 Å². The largest absolute Gasteiger partial charge is 0.481 e. The number of nitrogens with one attached hydrogen (secondary N) is 1. The summed E-state index contributed by atoms with van der Waals surface area (Å²) in [5, 5.41) is 27.7. The molecule has 0 aliphatic carbocycles. The van der Waals surface area contributed by atoms with Crippen LogP contribution in [0.25, 0.3) is 0 Å². The fourth-order valence-electron chi connectivity index (χ4n) is 1.37. The van der Waals surface area contributed by atoms with Crippen LogP contribution >= 0.6 is 11.8 Å². The molecule has 0 atom stereocenters. The zero-order valence-corrected chi connectivity index (χ0v) is 17.1. The minimum absolute atomic E-state index is 0. The molecule has 0 spiro atoms. The van der Waals surface area contributed by atoms with Crippen LogP contribution in [0.4, 0.5) is 0 Å². The Labute approximate surface area is 171 Å². The number of rotatable bonds is 7. The monoisotopic (exact) mass is 443 g/mol. The SMILES string of the molecule is CS/C([SH2+])=N/N=C/C(=N/N=C(\[SH2+])NCCC(=O)O)c1ccccc1.[Ni]. The van der Waals surface area contributed by atoms with Gasteiger partial charge in [-0.05, 0) is 6.26 Å². The van der Waals surface area contributed by atoms with Crippen molar-refractivity contribution in [2.24, 2.45) is 20.4 Å². The maximum Gasteiger partial charge on any atom is 0.332 e. The molecule has 1 aromatic carbocycles. The molecule has 138 valence electrons. The number of hydrogen-bond acceptors (Lipinski definition) is 6. The van der Waals surface area contributed by atoms with Crippen molar-refractivity contribution in [2.45, 2.75) is 6.42 Å². The van der Waals surface area contributed by atoms with Crippen LogP contribution in [0.3, 0.4) is 0 Å². The average molecular weight is 444 g/mol. The van der Waals surface area contributed by atoms with E-state index in [0.717, 1.165) is 5.56 Å². The van der Waals surface area contributed by atoms with E-state index < -0.39 is 5.97 Å². The van der Waals surface area contributed by atoms with Gasteiger partial charge >= 0.3 is 11.1 Å². The summed E-state index contributed by atoms with van der Waals surface area (Å²) in [7, 11) is 0. The van der Waals surface area contributed by atoms with Crippen LogP contribution in [0.15, 0.2) is 50.7 Å². The average Bonchev–Trinajstić information content (AvgIpc) is 2.58. The normalized spacial score (nSPS) is 12.8. The van der Waals surface area contributed by atoms with Crippen LogP contribution in [0, 0.1) is 0 Å². The molecule has 25 heavy (non-hydrogen) atoms. The first-order valence-corrected chi connectivity index (χ1v) is 9.00. The Balaban J connectivity index is 0.00000576. The van der Waals surface area contributed by atoms with E-state index in [4.69, 9.17) is 5.11 Å².